The lowest BCUT2D eigenvalue weighted by molar-refractivity contribution is -0.158. The quantitative estimate of drug-likeness (QED) is 0.393. The molecule has 0 saturated heterocycles. The third-order valence-corrected chi connectivity index (χ3v) is 7.31. The van der Waals surface area contributed by atoms with Crippen molar-refractivity contribution in [2.75, 3.05) is 6.54 Å². The van der Waals surface area contributed by atoms with Gasteiger partial charge in [-0.3, -0.25) is 4.79 Å². The number of amides is 1. The van der Waals surface area contributed by atoms with Crippen LogP contribution in [-0.4, -0.2) is 44.7 Å². The summed E-state index contributed by atoms with van der Waals surface area (Å²) in [5.41, 5.74) is -1.04. The molecule has 0 bridgehead atoms. The Labute approximate surface area is 222 Å². The van der Waals surface area contributed by atoms with Gasteiger partial charge in [-0.2, -0.15) is 31.1 Å². The van der Waals surface area contributed by atoms with Gasteiger partial charge in [0.1, 0.15) is 17.9 Å². The first-order chi connectivity index (χ1) is 17.8. The van der Waals surface area contributed by atoms with E-state index in [0.29, 0.717) is 23.9 Å². The Hall–Kier alpha value is -2.84. The standard InChI is InChI=1S/C25H29F6N3O4S/c1-23(2,3)32-14-16-12-19(18-9-4-5-10-20(18)38-16)33-22(35)13-21(25(29,30)31)34-39(36,37)17-8-6-7-15(11-17)24(26,27)28/h4-11,16,19,21,32,34H,12-14H2,1-3H3,(H,33,35)/t16?,19-,21-/m1/s1. The number of hydrogen-bond donors (Lipinski definition) is 3. The van der Waals surface area contributed by atoms with E-state index in [1.165, 1.54) is 4.72 Å². The molecule has 2 aromatic carbocycles. The summed E-state index contributed by atoms with van der Waals surface area (Å²) >= 11 is 0. The maximum absolute atomic E-state index is 13.8. The van der Waals surface area contributed by atoms with Crippen molar-refractivity contribution in [1.29, 1.82) is 0 Å². The average Bonchev–Trinajstić information content (AvgIpc) is 2.81. The van der Waals surface area contributed by atoms with Gasteiger partial charge in [0.25, 0.3) is 0 Å². The zero-order valence-electron chi connectivity index (χ0n) is 21.3. The van der Waals surface area contributed by atoms with Gasteiger partial charge in [-0.15, -0.1) is 0 Å². The minimum Gasteiger partial charge on any atom is -0.489 e. The van der Waals surface area contributed by atoms with Crippen LogP contribution in [0.3, 0.4) is 0 Å². The van der Waals surface area contributed by atoms with Gasteiger partial charge in [-0.25, -0.2) is 8.42 Å². The van der Waals surface area contributed by atoms with Crippen LogP contribution >= 0.6 is 0 Å². The molecule has 0 aromatic heterocycles. The molecule has 0 saturated carbocycles. The number of rotatable bonds is 8. The smallest absolute Gasteiger partial charge is 0.416 e. The molecule has 0 radical (unpaired) electrons. The highest BCUT2D eigenvalue weighted by atomic mass is 32.2. The van der Waals surface area contributed by atoms with Crippen LogP contribution in [0.25, 0.3) is 0 Å². The van der Waals surface area contributed by atoms with E-state index >= 15 is 0 Å². The summed E-state index contributed by atoms with van der Waals surface area (Å²) in [4.78, 5) is 11.7. The van der Waals surface area contributed by atoms with Crippen LogP contribution in [0.1, 0.15) is 50.8 Å². The topological polar surface area (TPSA) is 96.5 Å². The highest BCUT2D eigenvalue weighted by molar-refractivity contribution is 7.89. The first kappa shape index (κ1) is 30.7. The number of carbonyl (C=O) groups is 1. The number of fused-ring (bicyclic) bond motifs is 1. The summed E-state index contributed by atoms with van der Waals surface area (Å²) < 4.78 is 113. The predicted octanol–water partition coefficient (Wildman–Crippen LogP) is 4.70. The molecule has 14 heteroatoms. The molecule has 0 spiro atoms. The molecule has 7 nitrogen and oxygen atoms in total. The Morgan fingerprint density at radius 2 is 1.69 bits per heavy atom. The number of para-hydroxylation sites is 1. The summed E-state index contributed by atoms with van der Waals surface area (Å²) in [7, 11) is -5.06. The van der Waals surface area contributed by atoms with Crippen LogP contribution in [0.5, 0.6) is 5.75 Å². The van der Waals surface area contributed by atoms with Gasteiger partial charge in [-0.05, 0) is 45.0 Å². The fourth-order valence-corrected chi connectivity index (χ4v) is 5.20. The molecule has 1 aliphatic rings. The monoisotopic (exact) mass is 581 g/mol. The van der Waals surface area contributed by atoms with Crippen LogP contribution in [0.15, 0.2) is 53.4 Å². The Kier molecular flexibility index (Phi) is 8.92. The van der Waals surface area contributed by atoms with Crippen molar-refractivity contribution in [3.05, 3.63) is 59.7 Å². The molecule has 1 aliphatic heterocycles. The summed E-state index contributed by atoms with van der Waals surface area (Å²) in [5, 5.41) is 5.80. The molecule has 216 valence electrons. The fourth-order valence-electron chi connectivity index (χ4n) is 3.93. The molecule has 1 unspecified atom stereocenters. The van der Waals surface area contributed by atoms with Crippen molar-refractivity contribution in [3.8, 4) is 5.75 Å². The van der Waals surface area contributed by atoms with E-state index in [4.69, 9.17) is 4.74 Å². The summed E-state index contributed by atoms with van der Waals surface area (Å²) in [6, 6.07) is 5.41. The minimum atomic E-state index is -5.21. The van der Waals surface area contributed by atoms with Gasteiger partial charge < -0.3 is 15.4 Å². The van der Waals surface area contributed by atoms with Crippen LogP contribution in [0, 0.1) is 0 Å². The van der Waals surface area contributed by atoms with Crippen LogP contribution < -0.4 is 20.1 Å². The van der Waals surface area contributed by atoms with E-state index in [1.54, 1.807) is 24.3 Å². The fraction of sp³-hybridized carbons (Fsp3) is 0.480. The van der Waals surface area contributed by atoms with Crippen molar-refractivity contribution in [3.63, 3.8) is 0 Å². The predicted molar refractivity (Wildman–Crippen MR) is 130 cm³/mol. The highest BCUT2D eigenvalue weighted by Crippen LogP contribution is 2.35. The lowest BCUT2D eigenvalue weighted by Gasteiger charge is -2.34. The van der Waals surface area contributed by atoms with Crippen LogP contribution in [0.2, 0.25) is 0 Å². The zero-order chi connectivity index (χ0) is 29.2. The summed E-state index contributed by atoms with van der Waals surface area (Å²) in [5.74, 6) is -0.652. The van der Waals surface area contributed by atoms with Crippen molar-refractivity contribution in [2.45, 2.75) is 74.6 Å². The maximum Gasteiger partial charge on any atom is 0.416 e. The Morgan fingerprint density at radius 1 is 1.03 bits per heavy atom. The minimum absolute atomic E-state index is 0.223. The highest BCUT2D eigenvalue weighted by Gasteiger charge is 2.44. The summed E-state index contributed by atoms with van der Waals surface area (Å²) in [6.45, 7) is 6.23. The molecule has 2 aromatic rings. The normalized spacial score (nSPS) is 19.1. The Balaban J connectivity index is 1.77. The molecular formula is C25H29F6N3O4S. The molecule has 0 fully saturated rings. The first-order valence-corrected chi connectivity index (χ1v) is 13.4. The molecule has 3 rings (SSSR count). The molecule has 39 heavy (non-hydrogen) atoms. The van der Waals surface area contributed by atoms with Crippen molar-refractivity contribution < 1.29 is 44.3 Å². The average molecular weight is 582 g/mol. The number of halogens is 6. The second kappa shape index (κ2) is 11.3. The van der Waals surface area contributed by atoms with Crippen LogP contribution in [-0.2, 0) is 21.0 Å². The van der Waals surface area contributed by atoms with E-state index < -0.39 is 63.4 Å². The number of hydrogen-bond acceptors (Lipinski definition) is 5. The van der Waals surface area contributed by atoms with Gasteiger partial charge in [-0.1, -0.05) is 24.3 Å². The van der Waals surface area contributed by atoms with E-state index in [-0.39, 0.29) is 18.0 Å². The van der Waals surface area contributed by atoms with Gasteiger partial charge in [0.05, 0.1) is 22.9 Å². The molecular weight excluding hydrogens is 552 g/mol. The third-order valence-electron chi connectivity index (χ3n) is 5.84. The van der Waals surface area contributed by atoms with Gasteiger partial charge in [0, 0.05) is 24.1 Å². The van der Waals surface area contributed by atoms with Crippen molar-refractivity contribution in [1.82, 2.24) is 15.4 Å². The van der Waals surface area contributed by atoms with Crippen molar-refractivity contribution >= 4 is 15.9 Å². The van der Waals surface area contributed by atoms with Gasteiger partial charge in [0.2, 0.25) is 15.9 Å². The number of carbonyl (C=O) groups excluding carboxylic acids is 1. The lowest BCUT2D eigenvalue weighted by Crippen LogP contribution is -2.49. The molecule has 1 heterocycles. The summed E-state index contributed by atoms with van der Waals surface area (Å²) in [6.07, 6.45) is -11.6. The molecule has 3 atom stereocenters. The largest absolute Gasteiger partial charge is 0.489 e. The first-order valence-electron chi connectivity index (χ1n) is 11.9. The van der Waals surface area contributed by atoms with E-state index in [0.717, 1.165) is 12.1 Å². The third kappa shape index (κ3) is 8.57. The lowest BCUT2D eigenvalue weighted by atomic mass is 9.95. The molecule has 1 amide bonds. The van der Waals surface area contributed by atoms with E-state index in [1.807, 2.05) is 20.8 Å². The Morgan fingerprint density at radius 3 is 2.31 bits per heavy atom. The Bertz CT molecular complexity index is 1280. The number of nitrogens with one attached hydrogen (secondary N) is 3. The SMILES string of the molecule is CC(C)(C)NCC1C[C@@H](NC(=O)C[C@@H](NS(=O)(=O)c2cccc(C(F)(F)F)c2)C(F)(F)F)c2ccccc2O1. The zero-order valence-corrected chi connectivity index (χ0v) is 22.1. The van der Waals surface area contributed by atoms with Gasteiger partial charge in [0.15, 0.2) is 0 Å². The maximum atomic E-state index is 13.8. The number of benzene rings is 2. The van der Waals surface area contributed by atoms with E-state index in [2.05, 4.69) is 10.6 Å². The van der Waals surface area contributed by atoms with Crippen molar-refractivity contribution in [2.24, 2.45) is 0 Å². The molecule has 0 aliphatic carbocycles. The second-order valence-corrected chi connectivity index (χ2v) is 11.9. The number of ether oxygens (including phenoxy) is 1. The number of sulfonamides is 1. The van der Waals surface area contributed by atoms with E-state index in [9.17, 15) is 39.6 Å². The number of alkyl halides is 6. The second-order valence-electron chi connectivity index (χ2n) is 10.2. The van der Waals surface area contributed by atoms with Gasteiger partial charge >= 0.3 is 12.4 Å². The van der Waals surface area contributed by atoms with Crippen LogP contribution in [0.4, 0.5) is 26.3 Å². The molecule has 3 N–H and O–H groups in total.